The van der Waals surface area contributed by atoms with Crippen molar-refractivity contribution in [3.05, 3.63) is 60.2 Å². The molecule has 0 bridgehead atoms. The minimum atomic E-state index is -0.380. The van der Waals surface area contributed by atoms with Crippen molar-refractivity contribution in [1.29, 1.82) is 0 Å². The first-order chi connectivity index (χ1) is 14.1. The first-order valence-corrected chi connectivity index (χ1v) is 9.91. The molecule has 1 saturated heterocycles. The summed E-state index contributed by atoms with van der Waals surface area (Å²) in [5.41, 5.74) is 1.80. The third kappa shape index (κ3) is 3.88. The van der Waals surface area contributed by atoms with Gasteiger partial charge in [0.05, 0.1) is 18.9 Å². The van der Waals surface area contributed by atoms with Crippen LogP contribution in [0.3, 0.4) is 0 Å². The molecule has 1 heterocycles. The smallest absolute Gasteiger partial charge is 0.244 e. The van der Waals surface area contributed by atoms with E-state index in [1.165, 1.54) is 5.56 Å². The largest absolute Gasteiger partial charge is 0.497 e. The molecular weight excluding hydrogens is 368 g/mol. The molecule has 0 unspecified atom stereocenters. The SMILES string of the molecule is COc1ccc(NC(=O)CN2C(=O)[C@H]3CC[C@@H](c4ccccc4)C[C@H]3C2=O)cc1. The molecule has 3 amide bonds. The van der Waals surface area contributed by atoms with Crippen LogP contribution in [0.15, 0.2) is 54.6 Å². The lowest BCUT2D eigenvalue weighted by Crippen LogP contribution is -2.38. The van der Waals surface area contributed by atoms with Gasteiger partial charge in [0.2, 0.25) is 17.7 Å². The van der Waals surface area contributed by atoms with Crippen molar-refractivity contribution in [2.24, 2.45) is 11.8 Å². The van der Waals surface area contributed by atoms with Gasteiger partial charge in [-0.1, -0.05) is 30.3 Å². The second-order valence-electron chi connectivity index (χ2n) is 7.67. The third-order valence-corrected chi connectivity index (χ3v) is 5.96. The number of nitrogens with zero attached hydrogens (tertiary/aromatic N) is 1. The van der Waals surface area contributed by atoms with Crippen molar-refractivity contribution < 1.29 is 19.1 Å². The average Bonchev–Trinajstić information content (AvgIpc) is 2.99. The van der Waals surface area contributed by atoms with Crippen LogP contribution in [-0.4, -0.2) is 36.3 Å². The fourth-order valence-corrected chi connectivity index (χ4v) is 4.45. The van der Waals surface area contributed by atoms with Gasteiger partial charge in [0, 0.05) is 5.69 Å². The molecule has 0 spiro atoms. The summed E-state index contributed by atoms with van der Waals surface area (Å²) in [6, 6.07) is 17.0. The maximum atomic E-state index is 12.9. The minimum absolute atomic E-state index is 0.212. The van der Waals surface area contributed by atoms with Gasteiger partial charge in [-0.2, -0.15) is 0 Å². The van der Waals surface area contributed by atoms with Crippen molar-refractivity contribution in [3.63, 3.8) is 0 Å². The highest BCUT2D eigenvalue weighted by molar-refractivity contribution is 6.08. The van der Waals surface area contributed by atoms with Crippen LogP contribution in [-0.2, 0) is 14.4 Å². The van der Waals surface area contributed by atoms with E-state index in [4.69, 9.17) is 4.74 Å². The van der Waals surface area contributed by atoms with Crippen molar-refractivity contribution >= 4 is 23.4 Å². The number of rotatable bonds is 5. The van der Waals surface area contributed by atoms with Crippen molar-refractivity contribution in [2.45, 2.75) is 25.2 Å². The molecule has 2 aromatic rings. The lowest BCUT2D eigenvalue weighted by molar-refractivity contribution is -0.142. The van der Waals surface area contributed by atoms with Gasteiger partial charge in [-0.15, -0.1) is 0 Å². The Hall–Kier alpha value is -3.15. The van der Waals surface area contributed by atoms with Gasteiger partial charge in [-0.05, 0) is 55.0 Å². The second-order valence-corrected chi connectivity index (χ2v) is 7.67. The normalized spacial score (nSPS) is 23.6. The number of imide groups is 1. The van der Waals surface area contributed by atoms with Crippen LogP contribution in [0.1, 0.15) is 30.7 Å². The van der Waals surface area contributed by atoms with E-state index < -0.39 is 0 Å². The van der Waals surface area contributed by atoms with E-state index >= 15 is 0 Å². The molecule has 2 fully saturated rings. The van der Waals surface area contributed by atoms with E-state index in [-0.39, 0.29) is 42.0 Å². The van der Waals surface area contributed by atoms with Gasteiger partial charge in [0.15, 0.2) is 0 Å². The Morgan fingerprint density at radius 1 is 1.00 bits per heavy atom. The van der Waals surface area contributed by atoms with E-state index in [1.807, 2.05) is 18.2 Å². The molecule has 2 aromatic carbocycles. The molecule has 4 rings (SSSR count). The zero-order valence-corrected chi connectivity index (χ0v) is 16.3. The van der Waals surface area contributed by atoms with E-state index in [9.17, 15) is 14.4 Å². The lowest BCUT2D eigenvalue weighted by Gasteiger charge is -2.28. The summed E-state index contributed by atoms with van der Waals surface area (Å²) in [6.45, 7) is -0.243. The first-order valence-electron chi connectivity index (χ1n) is 9.91. The van der Waals surface area contributed by atoms with Crippen LogP contribution in [0.5, 0.6) is 5.75 Å². The van der Waals surface area contributed by atoms with Crippen molar-refractivity contribution in [2.75, 3.05) is 19.0 Å². The van der Waals surface area contributed by atoms with Gasteiger partial charge < -0.3 is 10.1 Å². The highest BCUT2D eigenvalue weighted by Crippen LogP contribution is 2.44. The van der Waals surface area contributed by atoms with Gasteiger partial charge in [-0.25, -0.2) is 0 Å². The Balaban J connectivity index is 1.41. The third-order valence-electron chi connectivity index (χ3n) is 5.96. The number of ether oxygens (including phenoxy) is 1. The summed E-state index contributed by atoms with van der Waals surface area (Å²) in [7, 11) is 1.57. The number of fused-ring (bicyclic) bond motifs is 1. The summed E-state index contributed by atoms with van der Waals surface area (Å²) < 4.78 is 5.09. The van der Waals surface area contributed by atoms with E-state index in [0.717, 1.165) is 11.3 Å². The van der Waals surface area contributed by atoms with Crippen LogP contribution in [0.4, 0.5) is 5.69 Å². The number of amides is 3. The summed E-state index contributed by atoms with van der Waals surface area (Å²) >= 11 is 0. The predicted molar refractivity (Wildman–Crippen MR) is 108 cm³/mol. The van der Waals surface area contributed by atoms with Crippen LogP contribution < -0.4 is 10.1 Å². The average molecular weight is 392 g/mol. The van der Waals surface area contributed by atoms with Crippen LogP contribution in [0.2, 0.25) is 0 Å². The van der Waals surface area contributed by atoms with E-state index in [2.05, 4.69) is 17.4 Å². The van der Waals surface area contributed by atoms with Crippen LogP contribution in [0.25, 0.3) is 0 Å². The van der Waals surface area contributed by atoms with Gasteiger partial charge in [-0.3, -0.25) is 19.3 Å². The Morgan fingerprint density at radius 3 is 2.38 bits per heavy atom. The van der Waals surface area contributed by atoms with Gasteiger partial charge in [0.1, 0.15) is 12.3 Å². The lowest BCUT2D eigenvalue weighted by atomic mass is 9.73. The summed E-state index contributed by atoms with van der Waals surface area (Å²) in [4.78, 5) is 39.2. The number of nitrogens with one attached hydrogen (secondary N) is 1. The van der Waals surface area contributed by atoms with Gasteiger partial charge >= 0.3 is 0 Å². The molecule has 0 radical (unpaired) electrons. The molecule has 1 saturated carbocycles. The monoisotopic (exact) mass is 392 g/mol. The van der Waals surface area contributed by atoms with E-state index in [0.29, 0.717) is 24.3 Å². The Labute approximate surface area is 169 Å². The van der Waals surface area contributed by atoms with Crippen LogP contribution in [0, 0.1) is 11.8 Å². The Morgan fingerprint density at radius 2 is 1.69 bits per heavy atom. The maximum absolute atomic E-state index is 12.9. The standard InChI is InChI=1S/C23H24N2O4/c1-29-18-10-8-17(9-11-18)24-21(26)14-25-22(27)19-12-7-16(13-20(19)23(25)28)15-5-3-2-4-6-15/h2-6,8-11,16,19-20H,7,12-14H2,1H3,(H,24,26)/t16-,19+,20-/m1/s1. The number of hydrogen-bond acceptors (Lipinski definition) is 4. The summed E-state index contributed by atoms with van der Waals surface area (Å²) in [5.74, 6) is -0.462. The number of methoxy groups -OCH3 is 1. The number of benzene rings is 2. The topological polar surface area (TPSA) is 75.7 Å². The molecule has 29 heavy (non-hydrogen) atoms. The number of anilines is 1. The molecule has 3 atom stereocenters. The highest BCUT2D eigenvalue weighted by atomic mass is 16.5. The molecule has 1 aliphatic heterocycles. The second kappa shape index (κ2) is 8.07. The summed E-state index contributed by atoms with van der Waals surface area (Å²) in [6.07, 6.45) is 2.23. The molecular formula is C23H24N2O4. The van der Waals surface area contributed by atoms with Crippen molar-refractivity contribution in [3.8, 4) is 5.75 Å². The zero-order valence-electron chi connectivity index (χ0n) is 16.3. The first kappa shape index (κ1) is 19.2. The van der Waals surface area contributed by atoms with Gasteiger partial charge in [0.25, 0.3) is 0 Å². The molecule has 6 nitrogen and oxygen atoms in total. The Kier molecular flexibility index (Phi) is 5.34. The number of carbonyl (C=O) groups excluding carboxylic acids is 3. The molecule has 150 valence electrons. The molecule has 1 aliphatic carbocycles. The van der Waals surface area contributed by atoms with E-state index in [1.54, 1.807) is 31.4 Å². The van der Waals surface area contributed by atoms with Crippen LogP contribution >= 0.6 is 0 Å². The minimum Gasteiger partial charge on any atom is -0.497 e. The quantitative estimate of drug-likeness (QED) is 0.793. The fourth-order valence-electron chi connectivity index (χ4n) is 4.45. The summed E-state index contributed by atoms with van der Waals surface area (Å²) in [5, 5.41) is 2.74. The zero-order chi connectivity index (χ0) is 20.4. The number of carbonyl (C=O) groups is 3. The fraction of sp³-hybridized carbons (Fsp3) is 0.348. The van der Waals surface area contributed by atoms with Crippen molar-refractivity contribution in [1.82, 2.24) is 4.90 Å². The Bertz CT molecular complexity index is 910. The highest BCUT2D eigenvalue weighted by Gasteiger charge is 2.50. The maximum Gasteiger partial charge on any atom is 0.244 e. The predicted octanol–water partition coefficient (Wildman–Crippen LogP) is 3.20. The molecule has 1 N–H and O–H groups in total. The number of likely N-dealkylation sites (tertiary alicyclic amines) is 1. The molecule has 6 heteroatoms. The molecule has 0 aromatic heterocycles. The molecule has 2 aliphatic rings. The number of hydrogen-bond donors (Lipinski definition) is 1.